The number of hydrogen-bond acceptors (Lipinski definition) is 0. The number of halogens is 4. The van der Waals surface area contributed by atoms with Crippen molar-refractivity contribution in [3.63, 3.8) is 0 Å². The van der Waals surface area contributed by atoms with Crippen LogP contribution in [-0.2, 0) is 0 Å². The van der Waals surface area contributed by atoms with Gasteiger partial charge in [0, 0.05) is 37.7 Å². The van der Waals surface area contributed by atoms with Crippen molar-refractivity contribution in [1.29, 1.82) is 0 Å². The SMILES string of the molecule is FC(F)(F)F.O.[Ar]. The van der Waals surface area contributed by atoms with Gasteiger partial charge in [-0.25, -0.2) is 0 Å². The van der Waals surface area contributed by atoms with Crippen molar-refractivity contribution in [3.05, 3.63) is 0 Å². The van der Waals surface area contributed by atoms with E-state index in [1.165, 1.54) is 0 Å². The van der Waals surface area contributed by atoms with Crippen LogP contribution in [0.5, 0.6) is 0 Å². The Morgan fingerprint density at radius 2 is 0.857 bits per heavy atom. The Bertz CT molecular complexity index is 27.2. The molecule has 7 heavy (non-hydrogen) atoms. The van der Waals surface area contributed by atoms with Gasteiger partial charge in [0.15, 0.2) is 0 Å². The molecule has 0 saturated heterocycles. The van der Waals surface area contributed by atoms with Gasteiger partial charge in [0.2, 0.25) is 0 Å². The Hall–Kier alpha value is 0.940. The smallest absolute Gasteiger partial charge is 0.412 e. The molecule has 0 fully saturated rings. The summed E-state index contributed by atoms with van der Waals surface area (Å²) in [5, 5.41) is 0. The zero-order valence-electron chi connectivity index (χ0n) is 2.87. The average Bonchev–Trinajstić information content (AvgIpc) is 0.722. The average molecular weight is 146 g/mol. The third-order valence-corrected chi connectivity index (χ3v) is 0. The van der Waals surface area contributed by atoms with Gasteiger partial charge in [0.1, 0.15) is 0 Å². The summed E-state index contributed by atoms with van der Waals surface area (Å²) >= 11 is 0. The second-order valence-corrected chi connectivity index (χ2v) is 0.429. The van der Waals surface area contributed by atoms with Gasteiger partial charge >= 0.3 is 6.43 Å². The van der Waals surface area contributed by atoms with Crippen LogP contribution in [0.4, 0.5) is 17.6 Å². The van der Waals surface area contributed by atoms with Gasteiger partial charge in [-0.1, -0.05) is 0 Å². The first-order valence-electron chi connectivity index (χ1n) is 0.756. The molecule has 0 aromatic heterocycles. The molecule has 0 rings (SSSR count). The molecule has 6 heteroatoms. The van der Waals surface area contributed by atoms with Gasteiger partial charge in [-0.3, -0.25) is 0 Å². The third-order valence-electron chi connectivity index (χ3n) is 0. The predicted molar refractivity (Wildman–Crippen MR) is 10.8 cm³/mol. The van der Waals surface area contributed by atoms with Crippen LogP contribution in [0.3, 0.4) is 0 Å². The van der Waals surface area contributed by atoms with Crippen LogP contribution in [0, 0.1) is 37.7 Å². The molecule has 0 heterocycles. The second-order valence-electron chi connectivity index (χ2n) is 0.429. The molecule has 0 spiro atoms. The quantitative estimate of drug-likeness (QED) is 0.449. The first-order chi connectivity index (χ1) is 2.00. The minimum absolute atomic E-state index is 0. The Kier molecular flexibility index (Phi) is 11.4. The zero-order chi connectivity index (χ0) is 4.50. The molecule has 0 atom stereocenters. The standard InChI is InChI=1S/CF4.Ar.H2O/c2-1(3,4)5;;/h;;1H2. The molecule has 48 valence electrons. The normalized spacial score (nSPS) is 8.57. The molecule has 0 aromatic rings. The second kappa shape index (κ2) is 5.08. The molecule has 0 bridgehead atoms. The molecule has 1 nitrogen and oxygen atoms in total. The molecule has 0 unspecified atom stereocenters. The molecule has 2 N–H and O–H groups in total. The predicted octanol–water partition coefficient (Wildman–Crippen LogP) is 0.651. The van der Waals surface area contributed by atoms with Crippen molar-refractivity contribution >= 4 is 0 Å². The Labute approximate surface area is 67.0 Å². The van der Waals surface area contributed by atoms with Gasteiger partial charge in [-0.15, -0.1) is 17.6 Å². The van der Waals surface area contributed by atoms with Crippen molar-refractivity contribution in [2.75, 3.05) is 0 Å². The minimum Gasteiger partial charge on any atom is -0.412 e. The maximum absolute atomic E-state index is 9.69. The van der Waals surface area contributed by atoms with E-state index in [4.69, 9.17) is 0 Å². The maximum atomic E-state index is 9.69. The largest absolute Gasteiger partial charge is 0.559 e. The fourth-order valence-electron chi connectivity index (χ4n) is 0. The van der Waals surface area contributed by atoms with Gasteiger partial charge in [-0.05, 0) is 0 Å². The van der Waals surface area contributed by atoms with Crippen LogP contribution in [-0.4, -0.2) is 11.9 Å². The van der Waals surface area contributed by atoms with Crippen LogP contribution < -0.4 is 0 Å². The first-order valence-corrected chi connectivity index (χ1v) is 0.756. The number of alkyl halides is 4. The van der Waals surface area contributed by atoms with Crippen molar-refractivity contribution in [3.8, 4) is 0 Å². The zero-order valence-corrected chi connectivity index (χ0v) is 3.57. The van der Waals surface area contributed by atoms with Crippen molar-refractivity contribution < 1.29 is 60.8 Å². The van der Waals surface area contributed by atoms with E-state index in [1.807, 2.05) is 0 Å². The van der Waals surface area contributed by atoms with Crippen LogP contribution >= 0.6 is 0 Å². The maximum Gasteiger partial charge on any atom is 0.559 e. The summed E-state index contributed by atoms with van der Waals surface area (Å²) in [5.74, 6) is 0. The minimum atomic E-state index is -5.50. The summed E-state index contributed by atoms with van der Waals surface area (Å²) in [5.41, 5.74) is 0. The van der Waals surface area contributed by atoms with Crippen LogP contribution in [0.15, 0.2) is 0 Å². The Morgan fingerprint density at radius 1 is 0.857 bits per heavy atom. The summed E-state index contributed by atoms with van der Waals surface area (Å²) in [6.07, 6.45) is -5.50. The van der Waals surface area contributed by atoms with Gasteiger partial charge in [0.25, 0.3) is 0 Å². The van der Waals surface area contributed by atoms with E-state index in [0.29, 0.717) is 0 Å². The molecular weight excluding hydrogens is 144 g/mol. The number of hydrogen-bond donors (Lipinski definition) is 0. The van der Waals surface area contributed by atoms with E-state index >= 15 is 0 Å². The van der Waals surface area contributed by atoms with E-state index in [2.05, 4.69) is 0 Å². The van der Waals surface area contributed by atoms with Crippen molar-refractivity contribution in [2.45, 2.75) is 6.43 Å². The van der Waals surface area contributed by atoms with E-state index in [9.17, 15) is 17.6 Å². The third kappa shape index (κ3) is 192. The molecule has 0 saturated carbocycles. The van der Waals surface area contributed by atoms with Crippen LogP contribution in [0.2, 0.25) is 0 Å². The first kappa shape index (κ1) is 15.7. The van der Waals surface area contributed by atoms with Crippen molar-refractivity contribution in [1.82, 2.24) is 0 Å². The summed E-state index contributed by atoms with van der Waals surface area (Å²) < 4.78 is 38.8. The van der Waals surface area contributed by atoms with Crippen LogP contribution in [0.25, 0.3) is 0 Å². The topological polar surface area (TPSA) is 31.5 Å². The van der Waals surface area contributed by atoms with Crippen LogP contribution in [0.1, 0.15) is 0 Å². The Morgan fingerprint density at radius 3 is 0.857 bits per heavy atom. The van der Waals surface area contributed by atoms with E-state index in [1.54, 1.807) is 0 Å². The van der Waals surface area contributed by atoms with Gasteiger partial charge in [0.05, 0.1) is 0 Å². The molecule has 0 aliphatic rings. The Balaban J connectivity index is -0.0000000800. The van der Waals surface area contributed by atoms with E-state index < -0.39 is 6.43 Å². The number of rotatable bonds is 0. The summed E-state index contributed by atoms with van der Waals surface area (Å²) in [6.45, 7) is 0. The summed E-state index contributed by atoms with van der Waals surface area (Å²) in [4.78, 5) is 0. The van der Waals surface area contributed by atoms with E-state index in [-0.39, 0.29) is 43.2 Å². The molecular formula is CH2ArF4O. The van der Waals surface area contributed by atoms with Gasteiger partial charge in [-0.2, -0.15) is 0 Å². The molecule has 0 aromatic carbocycles. The molecule has 0 aliphatic carbocycles. The molecule has 0 radical (unpaired) electrons. The summed E-state index contributed by atoms with van der Waals surface area (Å²) in [6, 6.07) is 0. The monoisotopic (exact) mass is 146 g/mol. The fraction of sp³-hybridized carbons (Fsp3) is 1.00. The molecule has 0 aliphatic heterocycles. The molecule has 0 amide bonds. The summed E-state index contributed by atoms with van der Waals surface area (Å²) in [7, 11) is 0. The van der Waals surface area contributed by atoms with Gasteiger partial charge < -0.3 is 5.48 Å². The van der Waals surface area contributed by atoms with Crippen molar-refractivity contribution in [2.24, 2.45) is 0 Å². The fourth-order valence-corrected chi connectivity index (χ4v) is 0. The van der Waals surface area contributed by atoms with E-state index in [0.717, 1.165) is 0 Å².